The molecule has 0 aliphatic carbocycles. The van der Waals surface area contributed by atoms with E-state index < -0.39 is 35.0 Å². The monoisotopic (exact) mass is 510 g/mol. The number of nitrogens with one attached hydrogen (secondary N) is 1. The number of anilines is 1. The van der Waals surface area contributed by atoms with Crippen molar-refractivity contribution in [3.63, 3.8) is 0 Å². The SMILES string of the molecule is Cc1ccc(-c2csc(-n3nc(C)cc3NC(=O)c3cc(C(F)(F)F)cc(C(F)(F)F)c3)n2)cc1. The summed E-state index contributed by atoms with van der Waals surface area (Å²) in [5.74, 6) is -1.11. The van der Waals surface area contributed by atoms with Crippen molar-refractivity contribution in [2.45, 2.75) is 26.2 Å². The van der Waals surface area contributed by atoms with Gasteiger partial charge in [-0.25, -0.2) is 4.98 Å². The molecule has 0 aliphatic rings. The zero-order valence-corrected chi connectivity index (χ0v) is 18.9. The number of hydrogen-bond acceptors (Lipinski definition) is 4. The second-order valence-corrected chi connectivity index (χ2v) is 8.55. The lowest BCUT2D eigenvalue weighted by atomic mass is 10.0. The van der Waals surface area contributed by atoms with Crippen LogP contribution in [0, 0.1) is 13.8 Å². The Morgan fingerprint density at radius 2 is 1.51 bits per heavy atom. The molecule has 0 fully saturated rings. The molecule has 4 rings (SSSR count). The Balaban J connectivity index is 1.67. The normalized spacial score (nSPS) is 12.1. The summed E-state index contributed by atoms with van der Waals surface area (Å²) >= 11 is 1.20. The maximum atomic E-state index is 13.2. The van der Waals surface area contributed by atoms with Crippen molar-refractivity contribution in [2.24, 2.45) is 0 Å². The third-order valence-corrected chi connectivity index (χ3v) is 5.76. The van der Waals surface area contributed by atoms with Crippen LogP contribution in [0.2, 0.25) is 0 Å². The molecule has 12 heteroatoms. The zero-order chi connectivity index (χ0) is 25.5. The van der Waals surface area contributed by atoms with Crippen LogP contribution in [0.4, 0.5) is 32.2 Å². The molecule has 5 nitrogen and oxygen atoms in total. The number of carbonyl (C=O) groups excluding carboxylic acids is 1. The first-order valence-corrected chi connectivity index (χ1v) is 10.9. The second kappa shape index (κ2) is 8.84. The van der Waals surface area contributed by atoms with Crippen molar-refractivity contribution in [3.8, 4) is 16.4 Å². The van der Waals surface area contributed by atoms with Crippen LogP contribution in [0.5, 0.6) is 0 Å². The van der Waals surface area contributed by atoms with E-state index in [1.54, 1.807) is 12.3 Å². The fourth-order valence-corrected chi connectivity index (χ4v) is 4.02. The molecule has 0 atom stereocenters. The highest BCUT2D eigenvalue weighted by atomic mass is 32.1. The summed E-state index contributed by atoms with van der Waals surface area (Å²) in [6, 6.07) is 9.75. The van der Waals surface area contributed by atoms with Crippen LogP contribution in [0.25, 0.3) is 16.4 Å². The van der Waals surface area contributed by atoms with Crippen molar-refractivity contribution in [2.75, 3.05) is 5.32 Å². The third kappa shape index (κ3) is 5.37. The number of thiazole rings is 1. The number of amides is 1. The van der Waals surface area contributed by atoms with Gasteiger partial charge in [-0.2, -0.15) is 36.1 Å². The minimum Gasteiger partial charge on any atom is -0.306 e. The molecular formula is C23H16F6N4OS. The van der Waals surface area contributed by atoms with Crippen molar-refractivity contribution < 1.29 is 31.1 Å². The van der Waals surface area contributed by atoms with Crippen LogP contribution in [0.15, 0.2) is 53.9 Å². The number of benzene rings is 2. The van der Waals surface area contributed by atoms with Gasteiger partial charge in [0.2, 0.25) is 5.13 Å². The fraction of sp³-hybridized carbons (Fsp3) is 0.174. The molecule has 0 radical (unpaired) electrons. The van der Waals surface area contributed by atoms with Crippen LogP contribution in [-0.4, -0.2) is 20.7 Å². The Bertz CT molecular complexity index is 1350. The number of hydrogen-bond donors (Lipinski definition) is 1. The Labute approximate surface area is 199 Å². The first-order valence-electron chi connectivity index (χ1n) is 10.0. The highest BCUT2D eigenvalue weighted by molar-refractivity contribution is 7.12. The van der Waals surface area contributed by atoms with E-state index in [2.05, 4.69) is 15.4 Å². The average Bonchev–Trinajstić information content (AvgIpc) is 3.39. The topological polar surface area (TPSA) is 59.8 Å². The summed E-state index contributed by atoms with van der Waals surface area (Å²) in [5, 5.41) is 8.73. The molecule has 2 heterocycles. The minimum atomic E-state index is -5.07. The minimum absolute atomic E-state index is 0.0344. The number of rotatable bonds is 4. The first-order chi connectivity index (χ1) is 16.3. The summed E-state index contributed by atoms with van der Waals surface area (Å²) < 4.78 is 80.2. The van der Waals surface area contributed by atoms with E-state index in [9.17, 15) is 31.1 Å². The molecule has 0 saturated carbocycles. The number of aryl methyl sites for hydroxylation is 2. The molecule has 0 aliphatic heterocycles. The quantitative estimate of drug-likeness (QED) is 0.304. The van der Waals surface area contributed by atoms with E-state index in [0.29, 0.717) is 28.7 Å². The molecule has 182 valence electrons. The standard InChI is InChI=1S/C23H16F6N4OS/c1-12-3-5-14(6-4-12)18-11-35-21(30-18)33-19(7-13(2)32-33)31-20(34)15-8-16(22(24,25)26)10-17(9-15)23(27,28)29/h3-11H,1-2H3,(H,31,34). The number of alkyl halides is 6. The Morgan fingerprint density at radius 3 is 2.09 bits per heavy atom. The summed E-state index contributed by atoms with van der Waals surface area (Å²) in [6.45, 7) is 3.56. The molecule has 0 bridgehead atoms. The number of nitrogens with zero attached hydrogens (tertiary/aromatic N) is 3. The summed E-state index contributed by atoms with van der Waals surface area (Å²) in [5.41, 5.74) is -0.946. The Kier molecular flexibility index (Phi) is 6.18. The maximum absolute atomic E-state index is 13.2. The molecule has 0 saturated heterocycles. The molecule has 2 aromatic heterocycles. The van der Waals surface area contributed by atoms with Gasteiger partial charge >= 0.3 is 12.4 Å². The van der Waals surface area contributed by atoms with Crippen LogP contribution < -0.4 is 5.32 Å². The smallest absolute Gasteiger partial charge is 0.306 e. The van der Waals surface area contributed by atoms with Crippen molar-refractivity contribution in [1.82, 2.24) is 14.8 Å². The third-order valence-electron chi connectivity index (χ3n) is 4.94. The molecule has 2 aromatic carbocycles. The number of halogens is 6. The molecule has 0 unspecified atom stereocenters. The van der Waals surface area contributed by atoms with Gasteiger partial charge in [-0.15, -0.1) is 11.3 Å². The molecular weight excluding hydrogens is 494 g/mol. The van der Waals surface area contributed by atoms with E-state index in [1.807, 2.05) is 31.2 Å². The summed E-state index contributed by atoms with van der Waals surface area (Å²) in [6.07, 6.45) is -10.1. The van der Waals surface area contributed by atoms with Crippen molar-refractivity contribution in [1.29, 1.82) is 0 Å². The van der Waals surface area contributed by atoms with Gasteiger partial charge in [-0.05, 0) is 32.0 Å². The first kappa shape index (κ1) is 24.5. The van der Waals surface area contributed by atoms with Gasteiger partial charge in [0.1, 0.15) is 5.82 Å². The molecule has 0 spiro atoms. The molecule has 4 aromatic rings. The van der Waals surface area contributed by atoms with E-state index in [4.69, 9.17) is 0 Å². The van der Waals surface area contributed by atoms with Gasteiger partial charge in [-0.1, -0.05) is 29.8 Å². The highest BCUT2D eigenvalue weighted by Crippen LogP contribution is 2.36. The van der Waals surface area contributed by atoms with Gasteiger partial charge in [0.05, 0.1) is 22.5 Å². The predicted octanol–water partition coefficient (Wildman–Crippen LogP) is 6.90. The van der Waals surface area contributed by atoms with E-state index in [0.717, 1.165) is 11.1 Å². The second-order valence-electron chi connectivity index (χ2n) is 7.71. The zero-order valence-electron chi connectivity index (χ0n) is 18.1. The van der Waals surface area contributed by atoms with E-state index in [1.165, 1.54) is 22.1 Å². The highest BCUT2D eigenvalue weighted by Gasteiger charge is 2.37. The van der Waals surface area contributed by atoms with Gasteiger partial charge in [0.15, 0.2) is 0 Å². The lowest BCUT2D eigenvalue weighted by Crippen LogP contribution is -2.18. The van der Waals surface area contributed by atoms with Gasteiger partial charge in [0, 0.05) is 22.6 Å². The molecule has 1 amide bonds. The Morgan fingerprint density at radius 1 is 0.914 bits per heavy atom. The summed E-state index contributed by atoms with van der Waals surface area (Å²) in [4.78, 5) is 17.2. The van der Waals surface area contributed by atoms with E-state index >= 15 is 0 Å². The van der Waals surface area contributed by atoms with Gasteiger partial charge < -0.3 is 5.32 Å². The summed E-state index contributed by atoms with van der Waals surface area (Å²) in [7, 11) is 0. The fourth-order valence-electron chi connectivity index (χ4n) is 3.23. The van der Waals surface area contributed by atoms with Crippen LogP contribution in [-0.2, 0) is 12.4 Å². The Hall–Kier alpha value is -3.67. The molecule has 35 heavy (non-hydrogen) atoms. The molecule has 1 N–H and O–H groups in total. The van der Waals surface area contributed by atoms with Crippen LogP contribution in [0.3, 0.4) is 0 Å². The van der Waals surface area contributed by atoms with Crippen molar-refractivity contribution in [3.05, 3.63) is 81.9 Å². The predicted molar refractivity (Wildman–Crippen MR) is 119 cm³/mol. The lowest BCUT2D eigenvalue weighted by molar-refractivity contribution is -0.143. The van der Waals surface area contributed by atoms with Crippen LogP contribution >= 0.6 is 11.3 Å². The van der Waals surface area contributed by atoms with Crippen molar-refractivity contribution >= 4 is 23.1 Å². The van der Waals surface area contributed by atoms with Gasteiger partial charge in [0.25, 0.3) is 5.91 Å². The largest absolute Gasteiger partial charge is 0.416 e. The maximum Gasteiger partial charge on any atom is 0.416 e. The average molecular weight is 510 g/mol. The van der Waals surface area contributed by atoms with Gasteiger partial charge in [-0.3, -0.25) is 4.79 Å². The lowest BCUT2D eigenvalue weighted by Gasteiger charge is -2.14. The van der Waals surface area contributed by atoms with Crippen LogP contribution in [0.1, 0.15) is 32.7 Å². The number of aromatic nitrogens is 3. The van der Waals surface area contributed by atoms with E-state index in [-0.39, 0.29) is 11.9 Å². The number of carbonyl (C=O) groups is 1.